The van der Waals surface area contributed by atoms with E-state index in [0.29, 0.717) is 0 Å². The minimum absolute atomic E-state index is 0.204. The van der Waals surface area contributed by atoms with Gasteiger partial charge in [-0.15, -0.1) is 11.8 Å². The number of hydrogen-bond acceptors (Lipinski definition) is 4. The minimum atomic E-state index is -0.206. The summed E-state index contributed by atoms with van der Waals surface area (Å²) >= 11 is 1.75. The molecule has 0 saturated carbocycles. The lowest BCUT2D eigenvalue weighted by molar-refractivity contribution is -0.0190. The Morgan fingerprint density at radius 1 is 0.926 bits per heavy atom. The highest BCUT2D eigenvalue weighted by Gasteiger charge is 2.40. The molecule has 0 saturated heterocycles. The summed E-state index contributed by atoms with van der Waals surface area (Å²) in [5.41, 5.74) is 4.64. The number of ether oxygens (including phenoxy) is 1. The first-order valence-electron chi connectivity index (χ1n) is 9.14. The summed E-state index contributed by atoms with van der Waals surface area (Å²) in [5.74, 6) is 0.960. The first-order chi connectivity index (χ1) is 13.3. The van der Waals surface area contributed by atoms with E-state index in [-0.39, 0.29) is 12.3 Å². The van der Waals surface area contributed by atoms with E-state index in [2.05, 4.69) is 78.0 Å². The van der Waals surface area contributed by atoms with E-state index in [1.165, 1.54) is 16.0 Å². The maximum Gasteiger partial charge on any atom is 0.213 e. The molecule has 3 aromatic carbocycles. The quantitative estimate of drug-likeness (QED) is 0.555. The molecule has 3 nitrogen and oxygen atoms in total. The third-order valence-electron chi connectivity index (χ3n) is 5.21. The minimum Gasteiger partial charge on any atom is -0.464 e. The first-order valence-corrected chi connectivity index (χ1v) is 10.4. The van der Waals surface area contributed by atoms with E-state index in [1.807, 2.05) is 12.1 Å². The normalized spacial score (nSPS) is 20.5. The third-order valence-corrected chi connectivity index (χ3v) is 5.95. The summed E-state index contributed by atoms with van der Waals surface area (Å²) in [6.45, 7) is 0. The molecule has 0 N–H and O–H groups in total. The van der Waals surface area contributed by atoms with Crippen molar-refractivity contribution >= 4 is 17.5 Å². The fourth-order valence-corrected chi connectivity index (χ4v) is 4.24. The first kappa shape index (κ1) is 16.5. The summed E-state index contributed by atoms with van der Waals surface area (Å²) in [4.78, 5) is 1.25. The Bertz CT molecular complexity index is 985. The van der Waals surface area contributed by atoms with Gasteiger partial charge in [-0.1, -0.05) is 60.7 Å². The van der Waals surface area contributed by atoms with Gasteiger partial charge in [0.15, 0.2) is 0 Å². The molecule has 0 unspecified atom stereocenters. The number of nitrogens with zero attached hydrogens (tertiary/aromatic N) is 2. The van der Waals surface area contributed by atoms with Crippen molar-refractivity contribution < 1.29 is 4.74 Å². The van der Waals surface area contributed by atoms with E-state index in [9.17, 15) is 0 Å². The molecule has 2 aliphatic rings. The average molecular weight is 372 g/mol. The number of hydrazone groups is 1. The van der Waals surface area contributed by atoms with Gasteiger partial charge in [-0.05, 0) is 30.0 Å². The molecular weight excluding hydrogens is 352 g/mol. The second-order valence-corrected chi connectivity index (χ2v) is 7.67. The Morgan fingerprint density at radius 2 is 1.67 bits per heavy atom. The fourth-order valence-electron chi connectivity index (χ4n) is 3.83. The standard InChI is InChI=1S/C23H20N2OS/c1-27-18-13-11-17(12-14-18)23-25-21(19-9-5-6-10-22(19)26-23)15-20(24-25)16-7-3-2-4-8-16/h2-14,21,23H,15H2,1H3/t21-,23+/m1/s1. The van der Waals surface area contributed by atoms with Gasteiger partial charge in [0, 0.05) is 22.4 Å². The maximum atomic E-state index is 6.40. The zero-order valence-corrected chi connectivity index (χ0v) is 15.9. The molecule has 0 bridgehead atoms. The summed E-state index contributed by atoms with van der Waals surface area (Å²) < 4.78 is 6.40. The Morgan fingerprint density at radius 3 is 2.44 bits per heavy atom. The van der Waals surface area contributed by atoms with Crippen molar-refractivity contribution in [3.8, 4) is 5.75 Å². The molecular formula is C23H20N2OS. The molecule has 5 rings (SSSR count). The van der Waals surface area contributed by atoms with Crippen LogP contribution in [-0.2, 0) is 0 Å². The van der Waals surface area contributed by atoms with Crippen LogP contribution in [-0.4, -0.2) is 17.0 Å². The second kappa shape index (κ2) is 6.78. The van der Waals surface area contributed by atoms with Crippen LogP contribution in [0.15, 0.2) is 88.9 Å². The lowest BCUT2D eigenvalue weighted by Crippen LogP contribution is -2.33. The maximum absolute atomic E-state index is 6.40. The van der Waals surface area contributed by atoms with Gasteiger partial charge >= 0.3 is 0 Å². The molecule has 134 valence electrons. The SMILES string of the molecule is CSc1ccc([C@@H]2Oc3ccccc3[C@H]3CC(c4ccccc4)=NN32)cc1. The molecule has 0 radical (unpaired) electrons. The van der Waals surface area contributed by atoms with Gasteiger partial charge in [0.1, 0.15) is 5.75 Å². The second-order valence-electron chi connectivity index (χ2n) is 6.79. The molecule has 0 amide bonds. The van der Waals surface area contributed by atoms with E-state index >= 15 is 0 Å². The summed E-state index contributed by atoms with van der Waals surface area (Å²) in [6, 6.07) is 27.6. The van der Waals surface area contributed by atoms with Gasteiger partial charge in [0.25, 0.3) is 0 Å². The van der Waals surface area contributed by atoms with Crippen LogP contribution in [0.2, 0.25) is 0 Å². The van der Waals surface area contributed by atoms with Gasteiger partial charge in [0.2, 0.25) is 6.23 Å². The summed E-state index contributed by atoms with van der Waals surface area (Å²) in [7, 11) is 0. The Hall–Kier alpha value is -2.72. The molecule has 4 heteroatoms. The number of hydrogen-bond donors (Lipinski definition) is 0. The molecule has 0 spiro atoms. The molecule has 2 aliphatic heterocycles. The van der Waals surface area contributed by atoms with Crippen LogP contribution in [0, 0.1) is 0 Å². The zero-order valence-electron chi connectivity index (χ0n) is 15.1. The van der Waals surface area contributed by atoms with Crippen LogP contribution in [0.25, 0.3) is 0 Å². The monoisotopic (exact) mass is 372 g/mol. The topological polar surface area (TPSA) is 24.8 Å². The van der Waals surface area contributed by atoms with Crippen molar-refractivity contribution in [1.82, 2.24) is 5.01 Å². The fraction of sp³-hybridized carbons (Fsp3) is 0.174. The number of rotatable bonds is 3. The lowest BCUT2D eigenvalue weighted by atomic mass is 9.96. The van der Waals surface area contributed by atoms with E-state index in [0.717, 1.165) is 23.4 Å². The van der Waals surface area contributed by atoms with E-state index < -0.39 is 0 Å². The molecule has 0 aliphatic carbocycles. The average Bonchev–Trinajstić information content (AvgIpc) is 3.20. The van der Waals surface area contributed by atoms with Crippen molar-refractivity contribution in [2.45, 2.75) is 23.6 Å². The molecule has 2 heterocycles. The highest BCUT2D eigenvalue weighted by Crippen LogP contribution is 2.47. The van der Waals surface area contributed by atoms with E-state index in [1.54, 1.807) is 11.8 Å². The Kier molecular flexibility index (Phi) is 4.13. The predicted octanol–water partition coefficient (Wildman–Crippen LogP) is 5.65. The molecule has 2 atom stereocenters. The van der Waals surface area contributed by atoms with Crippen LogP contribution < -0.4 is 4.74 Å². The van der Waals surface area contributed by atoms with Crippen molar-refractivity contribution in [1.29, 1.82) is 0 Å². The number of para-hydroxylation sites is 1. The predicted molar refractivity (Wildman–Crippen MR) is 110 cm³/mol. The highest BCUT2D eigenvalue weighted by atomic mass is 32.2. The van der Waals surface area contributed by atoms with Crippen molar-refractivity contribution in [3.05, 3.63) is 95.6 Å². The van der Waals surface area contributed by atoms with Gasteiger partial charge < -0.3 is 4.74 Å². The smallest absolute Gasteiger partial charge is 0.213 e. The lowest BCUT2D eigenvalue weighted by Gasteiger charge is -2.38. The van der Waals surface area contributed by atoms with Crippen molar-refractivity contribution in [2.75, 3.05) is 6.26 Å². The van der Waals surface area contributed by atoms with Crippen molar-refractivity contribution in [3.63, 3.8) is 0 Å². The van der Waals surface area contributed by atoms with E-state index in [4.69, 9.17) is 9.84 Å². The number of fused-ring (bicyclic) bond motifs is 3. The van der Waals surface area contributed by atoms with Crippen LogP contribution in [0.4, 0.5) is 0 Å². The van der Waals surface area contributed by atoms with Crippen LogP contribution in [0.1, 0.15) is 35.4 Å². The molecule has 0 aromatic heterocycles. The van der Waals surface area contributed by atoms with Crippen LogP contribution in [0.3, 0.4) is 0 Å². The third kappa shape index (κ3) is 2.90. The molecule has 27 heavy (non-hydrogen) atoms. The summed E-state index contributed by atoms with van der Waals surface area (Å²) in [6.07, 6.45) is 2.78. The zero-order chi connectivity index (χ0) is 18.2. The number of thioether (sulfide) groups is 1. The van der Waals surface area contributed by atoms with Gasteiger partial charge in [-0.3, -0.25) is 0 Å². The van der Waals surface area contributed by atoms with Crippen molar-refractivity contribution in [2.24, 2.45) is 5.10 Å². The van der Waals surface area contributed by atoms with Gasteiger partial charge in [-0.25, -0.2) is 5.01 Å². The Balaban J connectivity index is 1.57. The molecule has 0 fully saturated rings. The van der Waals surface area contributed by atoms with Crippen LogP contribution in [0.5, 0.6) is 5.75 Å². The molecule has 3 aromatic rings. The number of benzene rings is 3. The van der Waals surface area contributed by atoms with Crippen LogP contribution >= 0.6 is 11.8 Å². The van der Waals surface area contributed by atoms with Gasteiger partial charge in [0.05, 0.1) is 11.8 Å². The van der Waals surface area contributed by atoms with Gasteiger partial charge in [-0.2, -0.15) is 5.10 Å². The largest absolute Gasteiger partial charge is 0.464 e. The Labute approximate surface area is 163 Å². The highest BCUT2D eigenvalue weighted by molar-refractivity contribution is 7.98. The summed E-state index contributed by atoms with van der Waals surface area (Å²) in [5, 5.41) is 7.14.